The lowest BCUT2D eigenvalue weighted by Crippen LogP contribution is -2.26. The smallest absolute Gasteiger partial charge is 0.139 e. The second kappa shape index (κ2) is 6.65. The Morgan fingerprint density at radius 3 is 2.77 bits per heavy atom. The van der Waals surface area contributed by atoms with Gasteiger partial charge in [0.2, 0.25) is 0 Å². The van der Waals surface area contributed by atoms with Gasteiger partial charge in [0.25, 0.3) is 0 Å². The molecule has 22 heavy (non-hydrogen) atoms. The van der Waals surface area contributed by atoms with Crippen LogP contribution in [0.25, 0.3) is 10.8 Å². The molecule has 5 heteroatoms. The standard InChI is InChI=1S/C17H18ClN3S/c1-21(2)14(15-8-5-9-22-15)11-19-16-10-12-6-3-4-7-13(12)17(18)20-16/h3-10,14H,11H2,1-2H3,(H,19,20)/t14-/m1/s1. The third-order valence-electron chi connectivity index (χ3n) is 3.67. The Kier molecular flexibility index (Phi) is 4.62. The van der Waals surface area contributed by atoms with E-state index in [1.807, 2.05) is 24.3 Å². The van der Waals surface area contributed by atoms with Gasteiger partial charge in [-0.1, -0.05) is 41.9 Å². The molecule has 2 heterocycles. The van der Waals surface area contributed by atoms with E-state index in [1.54, 1.807) is 11.3 Å². The van der Waals surface area contributed by atoms with E-state index in [1.165, 1.54) is 4.88 Å². The van der Waals surface area contributed by atoms with Gasteiger partial charge in [0.05, 0.1) is 6.04 Å². The number of halogens is 1. The highest BCUT2D eigenvalue weighted by Gasteiger charge is 2.15. The summed E-state index contributed by atoms with van der Waals surface area (Å²) < 4.78 is 0. The first-order valence-electron chi connectivity index (χ1n) is 7.14. The Morgan fingerprint density at radius 2 is 2.05 bits per heavy atom. The average molecular weight is 332 g/mol. The number of fused-ring (bicyclic) bond motifs is 1. The molecule has 2 aromatic heterocycles. The van der Waals surface area contributed by atoms with E-state index in [0.29, 0.717) is 11.2 Å². The van der Waals surface area contributed by atoms with Gasteiger partial charge in [0, 0.05) is 16.8 Å². The molecule has 0 bridgehead atoms. The number of thiophene rings is 1. The van der Waals surface area contributed by atoms with Crippen LogP contribution in [0, 0.1) is 0 Å². The van der Waals surface area contributed by atoms with E-state index >= 15 is 0 Å². The van der Waals surface area contributed by atoms with E-state index < -0.39 is 0 Å². The number of hydrogen-bond donors (Lipinski definition) is 1. The molecule has 1 N–H and O–H groups in total. The first-order valence-corrected chi connectivity index (χ1v) is 8.40. The van der Waals surface area contributed by atoms with Crippen LogP contribution in [0.15, 0.2) is 47.8 Å². The summed E-state index contributed by atoms with van der Waals surface area (Å²) >= 11 is 8.05. The Bertz CT molecular complexity index is 756. The summed E-state index contributed by atoms with van der Waals surface area (Å²) in [6, 6.07) is 14.6. The van der Waals surface area contributed by atoms with Crippen LogP contribution in [0.4, 0.5) is 5.82 Å². The number of rotatable bonds is 5. The van der Waals surface area contributed by atoms with Crippen LogP contribution in [-0.2, 0) is 0 Å². The average Bonchev–Trinajstić information content (AvgIpc) is 3.01. The molecule has 0 aliphatic heterocycles. The molecule has 3 nitrogen and oxygen atoms in total. The van der Waals surface area contributed by atoms with Crippen molar-refractivity contribution in [2.75, 3.05) is 26.0 Å². The zero-order chi connectivity index (χ0) is 15.5. The maximum atomic E-state index is 6.28. The van der Waals surface area contributed by atoms with Crippen LogP contribution in [0.2, 0.25) is 5.15 Å². The highest BCUT2D eigenvalue weighted by Crippen LogP contribution is 2.26. The minimum atomic E-state index is 0.312. The van der Waals surface area contributed by atoms with Crippen molar-refractivity contribution in [3.05, 3.63) is 57.9 Å². The van der Waals surface area contributed by atoms with E-state index in [4.69, 9.17) is 11.6 Å². The van der Waals surface area contributed by atoms with Crippen LogP contribution in [0.1, 0.15) is 10.9 Å². The summed E-state index contributed by atoms with van der Waals surface area (Å²) in [6.45, 7) is 0.787. The predicted octanol–water partition coefficient (Wildman–Crippen LogP) is 4.66. The fraction of sp³-hybridized carbons (Fsp3) is 0.235. The summed E-state index contributed by atoms with van der Waals surface area (Å²) in [5, 5.41) is 8.15. The van der Waals surface area contributed by atoms with Crippen LogP contribution in [-0.4, -0.2) is 30.5 Å². The lowest BCUT2D eigenvalue weighted by atomic mass is 10.2. The molecule has 0 aliphatic carbocycles. The molecule has 0 spiro atoms. The van der Waals surface area contributed by atoms with E-state index in [-0.39, 0.29) is 0 Å². The second-order valence-corrected chi connectivity index (χ2v) is 6.73. The highest BCUT2D eigenvalue weighted by molar-refractivity contribution is 7.10. The molecule has 1 atom stereocenters. The summed E-state index contributed by atoms with van der Waals surface area (Å²) in [6.07, 6.45) is 0. The topological polar surface area (TPSA) is 28.2 Å². The lowest BCUT2D eigenvalue weighted by Gasteiger charge is -2.24. The molecule has 0 radical (unpaired) electrons. The van der Waals surface area contributed by atoms with Gasteiger partial charge >= 0.3 is 0 Å². The maximum Gasteiger partial charge on any atom is 0.139 e. The van der Waals surface area contributed by atoms with Crippen LogP contribution >= 0.6 is 22.9 Å². The molecule has 114 valence electrons. The maximum absolute atomic E-state index is 6.28. The largest absolute Gasteiger partial charge is 0.368 e. The summed E-state index contributed by atoms with van der Waals surface area (Å²) in [5.41, 5.74) is 0. The third-order valence-corrected chi connectivity index (χ3v) is 4.93. The molecule has 3 aromatic rings. The number of likely N-dealkylation sites (N-methyl/N-ethyl adjacent to an activating group) is 1. The van der Waals surface area contributed by atoms with Gasteiger partial charge < -0.3 is 10.2 Å². The molecular formula is C17H18ClN3S. The zero-order valence-electron chi connectivity index (χ0n) is 12.6. The number of nitrogens with zero attached hydrogens (tertiary/aromatic N) is 2. The molecule has 0 saturated heterocycles. The molecular weight excluding hydrogens is 314 g/mol. The third kappa shape index (κ3) is 3.24. The van der Waals surface area contributed by atoms with Gasteiger partial charge in [0.1, 0.15) is 11.0 Å². The fourth-order valence-corrected chi connectivity index (χ4v) is 3.65. The van der Waals surface area contributed by atoms with Crippen molar-refractivity contribution in [3.8, 4) is 0 Å². The van der Waals surface area contributed by atoms with Gasteiger partial charge in [-0.3, -0.25) is 0 Å². The Morgan fingerprint density at radius 1 is 1.23 bits per heavy atom. The van der Waals surface area contributed by atoms with Gasteiger partial charge in [0.15, 0.2) is 0 Å². The first kappa shape index (κ1) is 15.3. The quantitative estimate of drug-likeness (QED) is 0.689. The summed E-state index contributed by atoms with van der Waals surface area (Å²) in [4.78, 5) is 8.00. The van der Waals surface area contributed by atoms with Crippen molar-refractivity contribution < 1.29 is 0 Å². The molecule has 0 amide bonds. The van der Waals surface area contributed by atoms with Crippen molar-refractivity contribution in [1.29, 1.82) is 0 Å². The van der Waals surface area contributed by atoms with Crippen LogP contribution in [0.3, 0.4) is 0 Å². The fourth-order valence-electron chi connectivity index (χ4n) is 2.47. The minimum absolute atomic E-state index is 0.312. The number of hydrogen-bond acceptors (Lipinski definition) is 4. The van der Waals surface area contributed by atoms with Gasteiger partial charge in [-0.25, -0.2) is 4.98 Å². The van der Waals surface area contributed by atoms with Gasteiger partial charge in [-0.05, 0) is 37.0 Å². The van der Waals surface area contributed by atoms with Crippen molar-refractivity contribution in [3.63, 3.8) is 0 Å². The molecule has 1 aromatic carbocycles. The lowest BCUT2D eigenvalue weighted by molar-refractivity contribution is 0.316. The number of nitrogens with one attached hydrogen (secondary N) is 1. The zero-order valence-corrected chi connectivity index (χ0v) is 14.2. The van der Waals surface area contributed by atoms with E-state index in [9.17, 15) is 0 Å². The van der Waals surface area contributed by atoms with Crippen LogP contribution < -0.4 is 5.32 Å². The SMILES string of the molecule is CN(C)[C@H](CNc1cc2ccccc2c(Cl)n1)c1cccs1. The van der Waals surface area contributed by atoms with Crippen molar-refractivity contribution in [2.24, 2.45) is 0 Å². The van der Waals surface area contributed by atoms with E-state index in [2.05, 4.69) is 52.9 Å². The van der Waals surface area contributed by atoms with Crippen molar-refractivity contribution >= 4 is 39.5 Å². The first-order chi connectivity index (χ1) is 10.6. The molecule has 0 saturated carbocycles. The molecule has 0 unspecified atom stereocenters. The van der Waals surface area contributed by atoms with E-state index in [0.717, 1.165) is 23.1 Å². The Balaban J connectivity index is 1.81. The number of benzene rings is 1. The summed E-state index contributed by atoms with van der Waals surface area (Å²) in [5.74, 6) is 0.812. The summed E-state index contributed by atoms with van der Waals surface area (Å²) in [7, 11) is 4.18. The van der Waals surface area contributed by atoms with Gasteiger partial charge in [-0.15, -0.1) is 11.3 Å². The van der Waals surface area contributed by atoms with Crippen LogP contribution in [0.5, 0.6) is 0 Å². The number of anilines is 1. The Hall–Kier alpha value is -1.62. The molecule has 0 aliphatic rings. The number of aromatic nitrogens is 1. The van der Waals surface area contributed by atoms with Gasteiger partial charge in [-0.2, -0.15) is 0 Å². The normalized spacial score (nSPS) is 12.7. The number of pyridine rings is 1. The highest BCUT2D eigenvalue weighted by atomic mass is 35.5. The predicted molar refractivity (Wildman–Crippen MR) is 96.0 cm³/mol. The second-order valence-electron chi connectivity index (χ2n) is 5.40. The molecule has 3 rings (SSSR count). The van der Waals surface area contributed by atoms with Crippen molar-refractivity contribution in [2.45, 2.75) is 6.04 Å². The molecule has 0 fully saturated rings. The monoisotopic (exact) mass is 331 g/mol. The Labute approximate surface area is 139 Å². The van der Waals surface area contributed by atoms with Crippen molar-refractivity contribution in [1.82, 2.24) is 9.88 Å². The minimum Gasteiger partial charge on any atom is -0.368 e.